The zero-order valence-electron chi connectivity index (χ0n) is 9.91. The molecule has 0 atom stereocenters. The molecule has 3 nitrogen and oxygen atoms in total. The number of hydrogen-bond acceptors (Lipinski definition) is 3. The fourth-order valence-corrected chi connectivity index (χ4v) is 5.68. The highest BCUT2D eigenvalue weighted by Crippen LogP contribution is 2.36. The van der Waals surface area contributed by atoms with E-state index in [9.17, 15) is 8.42 Å². The van der Waals surface area contributed by atoms with Crippen molar-refractivity contribution < 1.29 is 8.42 Å². The number of nitrogens with zero attached hydrogens (tertiary/aromatic N) is 1. The maximum absolute atomic E-state index is 12.3. The Morgan fingerprint density at radius 3 is 2.35 bits per heavy atom. The van der Waals surface area contributed by atoms with Crippen molar-refractivity contribution in [2.24, 2.45) is 0 Å². The van der Waals surface area contributed by atoms with Gasteiger partial charge < -0.3 is 0 Å². The molecule has 0 amide bonds. The highest BCUT2D eigenvalue weighted by atomic mass is 79.9. The van der Waals surface area contributed by atoms with Crippen LogP contribution in [-0.2, 0) is 10.0 Å². The molecule has 0 fully saturated rings. The number of halogens is 2. The van der Waals surface area contributed by atoms with Gasteiger partial charge in [-0.3, -0.25) is 0 Å². The number of sulfonamides is 1. The van der Waals surface area contributed by atoms with Crippen LogP contribution in [0.3, 0.4) is 0 Å². The van der Waals surface area contributed by atoms with E-state index in [2.05, 4.69) is 15.9 Å². The van der Waals surface area contributed by atoms with Gasteiger partial charge in [-0.05, 0) is 34.8 Å². The summed E-state index contributed by atoms with van der Waals surface area (Å²) in [6.45, 7) is 3.97. The van der Waals surface area contributed by atoms with Crippen molar-refractivity contribution in [1.82, 2.24) is 4.31 Å². The second-order valence-electron chi connectivity index (χ2n) is 3.68. The summed E-state index contributed by atoms with van der Waals surface area (Å²) in [5.74, 6) is 0. The van der Waals surface area contributed by atoms with Gasteiger partial charge in [-0.25, -0.2) is 8.42 Å². The van der Waals surface area contributed by atoms with Crippen LogP contribution in [0, 0.1) is 0 Å². The second kappa shape index (κ2) is 6.02. The molecule has 17 heavy (non-hydrogen) atoms. The summed E-state index contributed by atoms with van der Waals surface area (Å²) >= 11 is 10.2. The molecule has 0 aliphatic carbocycles. The topological polar surface area (TPSA) is 37.4 Å². The van der Waals surface area contributed by atoms with Crippen molar-refractivity contribution in [2.45, 2.75) is 36.9 Å². The van der Waals surface area contributed by atoms with Gasteiger partial charge in [0.2, 0.25) is 0 Å². The quantitative estimate of drug-likeness (QED) is 0.796. The molecule has 7 heteroatoms. The van der Waals surface area contributed by atoms with Gasteiger partial charge in [-0.1, -0.05) is 25.4 Å². The lowest BCUT2D eigenvalue weighted by Gasteiger charge is -2.24. The first-order chi connectivity index (χ1) is 7.84. The standard InChI is InChI=1S/C10H15BrClNO2S2/c1-4-7(5-2)13(3)17(14,15)9-6-8(12)10(11)16-9/h6-7H,4-5H2,1-3H3. The van der Waals surface area contributed by atoms with Crippen molar-refractivity contribution in [2.75, 3.05) is 7.05 Å². The Bertz CT molecular complexity index is 463. The highest BCUT2D eigenvalue weighted by Gasteiger charge is 2.28. The molecule has 1 aromatic rings. The molecule has 1 rings (SSSR count). The van der Waals surface area contributed by atoms with Crippen LogP contribution in [0.15, 0.2) is 14.1 Å². The molecule has 0 radical (unpaired) electrons. The Morgan fingerprint density at radius 2 is 2.00 bits per heavy atom. The van der Waals surface area contributed by atoms with Crippen LogP contribution >= 0.6 is 38.9 Å². The van der Waals surface area contributed by atoms with Crippen LogP contribution in [0.4, 0.5) is 0 Å². The minimum absolute atomic E-state index is 0.0275. The molecule has 0 N–H and O–H groups in total. The van der Waals surface area contributed by atoms with Crippen molar-refractivity contribution in [3.05, 3.63) is 14.9 Å². The van der Waals surface area contributed by atoms with Gasteiger partial charge >= 0.3 is 0 Å². The minimum atomic E-state index is -3.43. The van der Waals surface area contributed by atoms with E-state index >= 15 is 0 Å². The Morgan fingerprint density at radius 1 is 1.47 bits per heavy atom. The van der Waals surface area contributed by atoms with Crippen LogP contribution in [0.25, 0.3) is 0 Å². The number of hydrogen-bond donors (Lipinski definition) is 0. The summed E-state index contributed by atoms with van der Waals surface area (Å²) in [4.78, 5) is 0. The Kier molecular flexibility index (Phi) is 5.46. The highest BCUT2D eigenvalue weighted by molar-refractivity contribution is 9.11. The molecule has 1 heterocycles. The summed E-state index contributed by atoms with van der Waals surface area (Å²) in [6.07, 6.45) is 1.60. The lowest BCUT2D eigenvalue weighted by atomic mass is 10.2. The summed E-state index contributed by atoms with van der Waals surface area (Å²) in [6, 6.07) is 1.52. The molecule has 98 valence electrons. The average Bonchev–Trinajstić information content (AvgIpc) is 2.61. The van der Waals surface area contributed by atoms with Crippen LogP contribution < -0.4 is 0 Å². The van der Waals surface area contributed by atoms with E-state index in [1.807, 2.05) is 13.8 Å². The van der Waals surface area contributed by atoms with Gasteiger partial charge in [-0.2, -0.15) is 4.31 Å². The molecule has 1 aromatic heterocycles. The first kappa shape index (κ1) is 15.4. The maximum atomic E-state index is 12.3. The van der Waals surface area contributed by atoms with Gasteiger partial charge in [0.1, 0.15) is 4.21 Å². The Hall–Kier alpha value is 0.380. The maximum Gasteiger partial charge on any atom is 0.252 e. The largest absolute Gasteiger partial charge is 0.252 e. The summed E-state index contributed by atoms with van der Waals surface area (Å²) in [7, 11) is -1.81. The summed E-state index contributed by atoms with van der Waals surface area (Å²) in [5.41, 5.74) is 0. The lowest BCUT2D eigenvalue weighted by Crippen LogP contribution is -2.35. The smallest absolute Gasteiger partial charge is 0.206 e. The molecule has 0 aliphatic heterocycles. The van der Waals surface area contributed by atoms with E-state index in [1.165, 1.54) is 10.4 Å². The number of rotatable bonds is 5. The predicted molar refractivity (Wildman–Crippen MR) is 76.3 cm³/mol. The van der Waals surface area contributed by atoms with Crippen LogP contribution in [0.2, 0.25) is 5.02 Å². The molecule has 0 bridgehead atoms. The van der Waals surface area contributed by atoms with Crippen molar-refractivity contribution in [1.29, 1.82) is 0 Å². The van der Waals surface area contributed by atoms with E-state index in [4.69, 9.17) is 11.6 Å². The Balaban J connectivity index is 3.10. The third-order valence-corrected chi connectivity index (χ3v) is 7.55. The summed E-state index contributed by atoms with van der Waals surface area (Å²) in [5, 5.41) is 0.437. The van der Waals surface area contributed by atoms with Gasteiger partial charge in [0.15, 0.2) is 0 Å². The molecule has 0 aliphatic rings. The second-order valence-corrected chi connectivity index (χ2v) is 8.68. The lowest BCUT2D eigenvalue weighted by molar-refractivity contribution is 0.350. The van der Waals surface area contributed by atoms with E-state index < -0.39 is 10.0 Å². The van der Waals surface area contributed by atoms with E-state index in [-0.39, 0.29) is 10.3 Å². The van der Waals surface area contributed by atoms with Crippen molar-refractivity contribution >= 4 is 48.9 Å². The van der Waals surface area contributed by atoms with E-state index in [0.717, 1.165) is 24.2 Å². The fraction of sp³-hybridized carbons (Fsp3) is 0.600. The average molecular weight is 361 g/mol. The van der Waals surface area contributed by atoms with Gasteiger partial charge in [0, 0.05) is 13.1 Å². The van der Waals surface area contributed by atoms with Crippen molar-refractivity contribution in [3.63, 3.8) is 0 Å². The van der Waals surface area contributed by atoms with Crippen LogP contribution in [0.1, 0.15) is 26.7 Å². The van der Waals surface area contributed by atoms with Crippen molar-refractivity contribution in [3.8, 4) is 0 Å². The zero-order chi connectivity index (χ0) is 13.2. The molecule has 0 spiro atoms. The summed E-state index contributed by atoms with van der Waals surface area (Å²) < 4.78 is 27.0. The molecule has 0 saturated carbocycles. The predicted octanol–water partition coefficient (Wildman–Crippen LogP) is 3.97. The number of thiophene rings is 1. The molecular weight excluding hydrogens is 346 g/mol. The normalized spacial score (nSPS) is 12.6. The third kappa shape index (κ3) is 3.23. The Labute approximate surface area is 120 Å². The van der Waals surface area contributed by atoms with E-state index in [0.29, 0.717) is 8.81 Å². The zero-order valence-corrected chi connectivity index (χ0v) is 13.9. The van der Waals surface area contributed by atoms with Gasteiger partial charge in [0.05, 0.1) is 8.81 Å². The van der Waals surface area contributed by atoms with Crippen LogP contribution in [-0.4, -0.2) is 25.8 Å². The molecule has 0 aromatic carbocycles. The molecule has 0 unspecified atom stereocenters. The SMILES string of the molecule is CCC(CC)N(C)S(=O)(=O)c1cc(Cl)c(Br)s1. The first-order valence-electron chi connectivity index (χ1n) is 5.27. The molecule has 0 saturated heterocycles. The minimum Gasteiger partial charge on any atom is -0.206 e. The van der Waals surface area contributed by atoms with E-state index in [1.54, 1.807) is 7.05 Å². The monoisotopic (exact) mass is 359 g/mol. The van der Waals surface area contributed by atoms with Crippen LogP contribution in [0.5, 0.6) is 0 Å². The first-order valence-corrected chi connectivity index (χ1v) is 8.70. The third-order valence-electron chi connectivity index (χ3n) is 2.71. The fourth-order valence-electron chi connectivity index (χ4n) is 1.59. The molecular formula is C10H15BrClNO2S2. The van der Waals surface area contributed by atoms with Gasteiger partial charge in [0.25, 0.3) is 10.0 Å². The van der Waals surface area contributed by atoms with Gasteiger partial charge in [-0.15, -0.1) is 11.3 Å².